The molecule has 0 bridgehead atoms. The van der Waals surface area contributed by atoms with Crippen molar-refractivity contribution < 1.29 is 9.59 Å². The van der Waals surface area contributed by atoms with Crippen molar-refractivity contribution in [3.05, 3.63) is 46.1 Å². The summed E-state index contributed by atoms with van der Waals surface area (Å²) in [7, 11) is 0. The third-order valence-electron chi connectivity index (χ3n) is 5.50. The lowest BCUT2D eigenvalue weighted by Crippen LogP contribution is -2.28. The topological polar surface area (TPSA) is 75.2 Å². The van der Waals surface area contributed by atoms with Crippen LogP contribution in [0.25, 0.3) is 10.2 Å². The molecule has 0 spiro atoms. The zero-order valence-electron chi connectivity index (χ0n) is 17.3. The molecule has 3 heterocycles. The fourth-order valence-corrected chi connectivity index (χ4v) is 5.59. The normalized spacial score (nSPS) is 13.8. The highest BCUT2D eigenvalue weighted by Gasteiger charge is 2.22. The van der Waals surface area contributed by atoms with Crippen LogP contribution in [0.3, 0.4) is 0 Å². The average Bonchev–Trinajstić information content (AvgIpc) is 3.37. The molecule has 1 aliphatic rings. The molecular formula is C22H24N4O2S2. The van der Waals surface area contributed by atoms with Gasteiger partial charge >= 0.3 is 0 Å². The maximum absolute atomic E-state index is 12.8. The lowest BCUT2D eigenvalue weighted by molar-refractivity contribution is -0.113. The van der Waals surface area contributed by atoms with Crippen LogP contribution in [0.4, 0.5) is 5.69 Å². The van der Waals surface area contributed by atoms with Crippen LogP contribution in [0.2, 0.25) is 0 Å². The number of carbonyl (C=O) groups is 2. The van der Waals surface area contributed by atoms with E-state index in [1.807, 2.05) is 30.0 Å². The molecule has 0 aliphatic carbocycles. The van der Waals surface area contributed by atoms with Crippen LogP contribution in [0.5, 0.6) is 0 Å². The zero-order valence-corrected chi connectivity index (χ0v) is 19.0. The van der Waals surface area contributed by atoms with E-state index in [0.717, 1.165) is 46.7 Å². The van der Waals surface area contributed by atoms with E-state index in [-0.39, 0.29) is 17.6 Å². The Morgan fingerprint density at radius 2 is 1.90 bits per heavy atom. The van der Waals surface area contributed by atoms with Crippen LogP contribution in [0.1, 0.15) is 39.2 Å². The Kier molecular flexibility index (Phi) is 6.06. The fraction of sp³-hybridized carbons (Fsp3) is 0.364. The molecule has 3 aromatic rings. The number of thioether (sulfide) groups is 1. The van der Waals surface area contributed by atoms with Gasteiger partial charge in [0.15, 0.2) is 0 Å². The van der Waals surface area contributed by atoms with Crippen LogP contribution in [0.15, 0.2) is 29.6 Å². The third-order valence-corrected chi connectivity index (χ3v) is 7.61. The summed E-state index contributed by atoms with van der Waals surface area (Å²) in [6.45, 7) is 7.63. The van der Waals surface area contributed by atoms with Gasteiger partial charge in [0.05, 0.1) is 5.75 Å². The van der Waals surface area contributed by atoms with Crippen molar-refractivity contribution in [2.24, 2.45) is 0 Å². The second kappa shape index (κ2) is 8.73. The van der Waals surface area contributed by atoms with E-state index in [0.29, 0.717) is 11.3 Å². The zero-order chi connectivity index (χ0) is 21.3. The van der Waals surface area contributed by atoms with Crippen molar-refractivity contribution in [2.75, 3.05) is 24.2 Å². The third kappa shape index (κ3) is 4.06. The van der Waals surface area contributed by atoms with E-state index < -0.39 is 0 Å². The first-order chi connectivity index (χ1) is 14.5. The number of aromatic nitrogens is 2. The largest absolute Gasteiger partial charge is 0.339 e. The Balaban J connectivity index is 1.46. The summed E-state index contributed by atoms with van der Waals surface area (Å²) < 4.78 is 0. The number of nitrogens with zero attached hydrogens (tertiary/aromatic N) is 3. The molecular weight excluding hydrogens is 416 g/mol. The van der Waals surface area contributed by atoms with Gasteiger partial charge in [-0.3, -0.25) is 9.59 Å². The molecule has 156 valence electrons. The molecule has 0 unspecified atom stereocenters. The maximum atomic E-state index is 12.8. The van der Waals surface area contributed by atoms with Gasteiger partial charge in [-0.1, -0.05) is 17.8 Å². The summed E-state index contributed by atoms with van der Waals surface area (Å²) in [6.07, 6.45) is 3.66. The number of hydrogen-bond donors (Lipinski definition) is 1. The summed E-state index contributed by atoms with van der Waals surface area (Å²) >= 11 is 3.06. The molecule has 1 fully saturated rings. The van der Waals surface area contributed by atoms with E-state index in [1.165, 1.54) is 22.2 Å². The van der Waals surface area contributed by atoms with Gasteiger partial charge in [0.1, 0.15) is 16.2 Å². The maximum Gasteiger partial charge on any atom is 0.254 e. The predicted octanol–water partition coefficient (Wildman–Crippen LogP) is 4.58. The molecule has 8 heteroatoms. The van der Waals surface area contributed by atoms with Gasteiger partial charge in [-0.15, -0.1) is 11.3 Å². The Hall–Kier alpha value is -2.45. The highest BCUT2D eigenvalue weighted by molar-refractivity contribution is 8.00. The second-order valence-corrected chi connectivity index (χ2v) is 9.62. The summed E-state index contributed by atoms with van der Waals surface area (Å²) in [5, 5.41) is 4.82. The minimum atomic E-state index is -0.120. The van der Waals surface area contributed by atoms with Gasteiger partial charge in [0.2, 0.25) is 5.91 Å². The number of thiophene rings is 1. The monoisotopic (exact) mass is 440 g/mol. The molecule has 0 saturated carbocycles. The highest BCUT2D eigenvalue weighted by atomic mass is 32.2. The molecule has 4 rings (SSSR count). The Labute approximate surface area is 184 Å². The molecule has 2 aromatic heterocycles. The van der Waals surface area contributed by atoms with Crippen LogP contribution < -0.4 is 5.32 Å². The summed E-state index contributed by atoms with van der Waals surface area (Å²) in [4.78, 5) is 38.2. The van der Waals surface area contributed by atoms with Crippen molar-refractivity contribution in [1.82, 2.24) is 14.9 Å². The summed E-state index contributed by atoms with van der Waals surface area (Å²) in [5.74, 6) is 0.164. The van der Waals surface area contributed by atoms with Crippen LogP contribution in [-0.2, 0) is 4.79 Å². The molecule has 1 aliphatic heterocycles. The number of amides is 2. The number of aryl methyl sites for hydroxylation is 2. The second-order valence-electron chi connectivity index (χ2n) is 7.46. The number of benzene rings is 1. The first kappa shape index (κ1) is 20.8. The fourth-order valence-electron chi connectivity index (χ4n) is 3.67. The van der Waals surface area contributed by atoms with Crippen molar-refractivity contribution in [1.29, 1.82) is 0 Å². The predicted molar refractivity (Wildman–Crippen MR) is 123 cm³/mol. The first-order valence-corrected chi connectivity index (χ1v) is 11.8. The molecule has 0 atom stereocenters. The van der Waals surface area contributed by atoms with Gasteiger partial charge in [-0.25, -0.2) is 9.97 Å². The van der Waals surface area contributed by atoms with Gasteiger partial charge in [-0.2, -0.15) is 0 Å². The van der Waals surface area contributed by atoms with Crippen LogP contribution in [-0.4, -0.2) is 45.5 Å². The van der Waals surface area contributed by atoms with Crippen molar-refractivity contribution in [3.8, 4) is 0 Å². The minimum Gasteiger partial charge on any atom is -0.339 e. The number of likely N-dealkylation sites (tertiary alicyclic amines) is 1. The van der Waals surface area contributed by atoms with Crippen LogP contribution in [0, 0.1) is 20.8 Å². The number of nitrogens with one attached hydrogen (secondary N) is 1. The molecule has 2 amide bonds. The van der Waals surface area contributed by atoms with Gasteiger partial charge in [0.25, 0.3) is 5.91 Å². The highest BCUT2D eigenvalue weighted by Crippen LogP contribution is 2.34. The quantitative estimate of drug-likeness (QED) is 0.464. The number of carbonyl (C=O) groups excluding carboxylic acids is 2. The van der Waals surface area contributed by atoms with E-state index in [9.17, 15) is 9.59 Å². The first-order valence-electron chi connectivity index (χ1n) is 9.98. The summed E-state index contributed by atoms with van der Waals surface area (Å²) in [5.41, 5.74) is 3.31. The van der Waals surface area contributed by atoms with Gasteiger partial charge < -0.3 is 10.2 Å². The Morgan fingerprint density at radius 3 is 2.67 bits per heavy atom. The molecule has 0 radical (unpaired) electrons. The van der Waals surface area contributed by atoms with Gasteiger partial charge in [-0.05, 0) is 56.9 Å². The number of fused-ring (bicyclic) bond motifs is 1. The van der Waals surface area contributed by atoms with Crippen molar-refractivity contribution in [3.63, 3.8) is 0 Å². The van der Waals surface area contributed by atoms with E-state index in [4.69, 9.17) is 0 Å². The SMILES string of the molecule is Cc1sc2ncnc(SCC(=O)Nc3cccc(C(=O)N4CCCC4)c3C)c2c1C. The van der Waals surface area contributed by atoms with E-state index in [1.54, 1.807) is 17.7 Å². The molecule has 30 heavy (non-hydrogen) atoms. The smallest absolute Gasteiger partial charge is 0.254 e. The standard InChI is InChI=1S/C22H24N4O2S2/c1-13-15(3)30-21-19(13)20(23-12-24-21)29-11-18(27)25-17-8-6-7-16(14(17)2)22(28)26-9-4-5-10-26/h6-8,12H,4-5,9-11H2,1-3H3,(H,25,27). The Bertz CT molecular complexity index is 1120. The summed E-state index contributed by atoms with van der Waals surface area (Å²) in [6, 6.07) is 5.50. The van der Waals surface area contributed by atoms with Gasteiger partial charge in [0, 0.05) is 34.6 Å². The number of rotatable bonds is 5. The molecule has 1 N–H and O–H groups in total. The lowest BCUT2D eigenvalue weighted by Gasteiger charge is -2.18. The van der Waals surface area contributed by atoms with Crippen molar-refractivity contribution in [2.45, 2.75) is 38.6 Å². The minimum absolute atomic E-state index is 0.0437. The number of anilines is 1. The Morgan fingerprint density at radius 1 is 1.13 bits per heavy atom. The number of hydrogen-bond acceptors (Lipinski definition) is 6. The van der Waals surface area contributed by atoms with E-state index in [2.05, 4.69) is 29.1 Å². The van der Waals surface area contributed by atoms with Crippen molar-refractivity contribution >= 4 is 50.8 Å². The molecule has 6 nitrogen and oxygen atoms in total. The lowest BCUT2D eigenvalue weighted by atomic mass is 10.1. The molecule has 1 aromatic carbocycles. The van der Waals surface area contributed by atoms with Crippen LogP contribution >= 0.6 is 23.1 Å². The average molecular weight is 441 g/mol. The van der Waals surface area contributed by atoms with E-state index >= 15 is 0 Å². The molecule has 1 saturated heterocycles.